The highest BCUT2D eigenvalue weighted by Crippen LogP contribution is 2.11. The van der Waals surface area contributed by atoms with Crippen molar-refractivity contribution in [2.24, 2.45) is 0 Å². The summed E-state index contributed by atoms with van der Waals surface area (Å²) in [6, 6.07) is 11.9. The zero-order chi connectivity index (χ0) is 17.9. The zero-order valence-electron chi connectivity index (χ0n) is 15.1. The van der Waals surface area contributed by atoms with Gasteiger partial charge in [0.15, 0.2) is 0 Å². The number of benzene rings is 1. The maximum absolute atomic E-state index is 12.2. The Labute approximate surface area is 150 Å². The SMILES string of the molecule is CCN(CCc1ccncc1)C(=O)NCCCOc1ccc(C)cc1. The molecule has 0 aliphatic heterocycles. The summed E-state index contributed by atoms with van der Waals surface area (Å²) in [6.07, 6.45) is 5.17. The maximum atomic E-state index is 12.2. The molecule has 0 atom stereocenters. The Bertz CT molecular complexity index is 629. The van der Waals surface area contributed by atoms with Crippen LogP contribution in [0.1, 0.15) is 24.5 Å². The van der Waals surface area contributed by atoms with Crippen LogP contribution in [0.4, 0.5) is 4.79 Å². The predicted molar refractivity (Wildman–Crippen MR) is 99.9 cm³/mol. The Morgan fingerprint density at radius 1 is 1.16 bits per heavy atom. The van der Waals surface area contributed by atoms with E-state index < -0.39 is 0 Å². The number of hydrogen-bond donors (Lipinski definition) is 1. The van der Waals surface area contributed by atoms with Crippen LogP contribution in [0.25, 0.3) is 0 Å². The normalized spacial score (nSPS) is 10.3. The number of amides is 2. The standard InChI is InChI=1S/C20H27N3O2/c1-3-23(15-11-18-9-13-21-14-10-18)20(24)22-12-4-16-25-19-7-5-17(2)6-8-19/h5-10,13-14H,3-4,11-12,15-16H2,1-2H3,(H,22,24). The minimum Gasteiger partial charge on any atom is -0.494 e. The number of urea groups is 1. The smallest absolute Gasteiger partial charge is 0.317 e. The highest BCUT2D eigenvalue weighted by molar-refractivity contribution is 5.74. The van der Waals surface area contributed by atoms with Crippen LogP contribution in [0, 0.1) is 6.92 Å². The van der Waals surface area contributed by atoms with Gasteiger partial charge in [0.2, 0.25) is 0 Å². The van der Waals surface area contributed by atoms with E-state index in [1.165, 1.54) is 11.1 Å². The van der Waals surface area contributed by atoms with E-state index in [2.05, 4.69) is 10.3 Å². The minimum atomic E-state index is -0.0214. The fourth-order valence-electron chi connectivity index (χ4n) is 2.42. The molecule has 134 valence electrons. The molecule has 0 saturated heterocycles. The summed E-state index contributed by atoms with van der Waals surface area (Å²) < 4.78 is 5.66. The molecule has 5 heteroatoms. The molecule has 1 heterocycles. The van der Waals surface area contributed by atoms with E-state index in [1.54, 1.807) is 12.4 Å². The zero-order valence-corrected chi connectivity index (χ0v) is 15.1. The van der Waals surface area contributed by atoms with Crippen molar-refractivity contribution in [2.45, 2.75) is 26.7 Å². The average molecular weight is 341 g/mol. The summed E-state index contributed by atoms with van der Waals surface area (Å²) in [5.74, 6) is 0.865. The Balaban J connectivity index is 1.63. The number of carbonyl (C=O) groups excluding carboxylic acids is 1. The number of pyridine rings is 1. The lowest BCUT2D eigenvalue weighted by molar-refractivity contribution is 0.200. The Morgan fingerprint density at radius 2 is 1.88 bits per heavy atom. The highest BCUT2D eigenvalue weighted by Gasteiger charge is 2.10. The van der Waals surface area contributed by atoms with E-state index >= 15 is 0 Å². The summed E-state index contributed by atoms with van der Waals surface area (Å²) in [5.41, 5.74) is 2.40. The first kappa shape index (κ1) is 18.8. The molecule has 0 bridgehead atoms. The van der Waals surface area contributed by atoms with Crippen molar-refractivity contribution in [2.75, 3.05) is 26.2 Å². The third-order valence-corrected chi connectivity index (χ3v) is 3.98. The number of nitrogens with zero attached hydrogens (tertiary/aromatic N) is 2. The molecule has 1 N–H and O–H groups in total. The molecule has 1 aromatic heterocycles. The molecule has 0 radical (unpaired) electrons. The van der Waals surface area contributed by atoms with Crippen molar-refractivity contribution < 1.29 is 9.53 Å². The van der Waals surface area contributed by atoms with Crippen LogP contribution in [-0.2, 0) is 6.42 Å². The first-order chi connectivity index (χ1) is 12.2. The largest absolute Gasteiger partial charge is 0.494 e. The van der Waals surface area contributed by atoms with Crippen LogP contribution in [0.5, 0.6) is 5.75 Å². The number of aromatic nitrogens is 1. The van der Waals surface area contributed by atoms with E-state index in [0.29, 0.717) is 26.2 Å². The van der Waals surface area contributed by atoms with Gasteiger partial charge < -0.3 is 15.0 Å². The Morgan fingerprint density at radius 3 is 2.56 bits per heavy atom. The number of hydrogen-bond acceptors (Lipinski definition) is 3. The second-order valence-electron chi connectivity index (χ2n) is 5.93. The molecule has 1 aromatic carbocycles. The molecule has 0 aliphatic rings. The summed E-state index contributed by atoms with van der Waals surface area (Å²) in [4.78, 5) is 18.1. The first-order valence-electron chi connectivity index (χ1n) is 8.80. The quantitative estimate of drug-likeness (QED) is 0.711. The summed E-state index contributed by atoms with van der Waals surface area (Å²) in [5, 5.41) is 2.96. The molecule has 0 unspecified atom stereocenters. The van der Waals surface area contributed by atoms with Gasteiger partial charge in [-0.1, -0.05) is 17.7 Å². The predicted octanol–water partition coefficient (Wildman–Crippen LogP) is 3.43. The Kier molecular flexibility index (Phi) is 7.76. The number of nitrogens with one attached hydrogen (secondary N) is 1. The van der Waals surface area contributed by atoms with Gasteiger partial charge >= 0.3 is 6.03 Å². The van der Waals surface area contributed by atoms with Gasteiger partial charge in [-0.3, -0.25) is 4.98 Å². The molecule has 5 nitrogen and oxygen atoms in total. The first-order valence-corrected chi connectivity index (χ1v) is 8.80. The third kappa shape index (κ3) is 6.83. The van der Waals surface area contributed by atoms with E-state index in [-0.39, 0.29) is 6.03 Å². The molecule has 0 saturated carbocycles. The lowest BCUT2D eigenvalue weighted by Gasteiger charge is -2.21. The number of ether oxygens (including phenoxy) is 1. The second kappa shape index (κ2) is 10.3. The van der Waals surface area contributed by atoms with Crippen LogP contribution in [-0.4, -0.2) is 42.2 Å². The van der Waals surface area contributed by atoms with Crippen molar-refractivity contribution >= 4 is 6.03 Å². The van der Waals surface area contributed by atoms with Gasteiger partial charge in [-0.05, 0) is 56.5 Å². The monoisotopic (exact) mass is 341 g/mol. The van der Waals surface area contributed by atoms with Gasteiger partial charge in [-0.25, -0.2) is 4.79 Å². The van der Waals surface area contributed by atoms with Crippen molar-refractivity contribution in [3.63, 3.8) is 0 Å². The molecular formula is C20H27N3O2. The van der Waals surface area contributed by atoms with Gasteiger partial charge in [0.05, 0.1) is 6.61 Å². The number of carbonyl (C=O) groups is 1. The molecule has 0 aliphatic carbocycles. The number of likely N-dealkylation sites (N-methyl/N-ethyl adjacent to an activating group) is 1. The molecule has 2 rings (SSSR count). The van der Waals surface area contributed by atoms with E-state index in [9.17, 15) is 4.79 Å². The second-order valence-corrected chi connectivity index (χ2v) is 5.93. The summed E-state index contributed by atoms with van der Waals surface area (Å²) in [6.45, 7) is 6.63. The van der Waals surface area contributed by atoms with Crippen molar-refractivity contribution in [3.05, 3.63) is 59.9 Å². The number of aryl methyl sites for hydroxylation is 1. The van der Waals surface area contributed by atoms with Crippen molar-refractivity contribution in [1.82, 2.24) is 15.2 Å². The molecule has 0 spiro atoms. The van der Waals surface area contributed by atoms with Gasteiger partial charge in [-0.2, -0.15) is 0 Å². The van der Waals surface area contributed by atoms with E-state index in [0.717, 1.165) is 18.6 Å². The van der Waals surface area contributed by atoms with Gasteiger partial charge in [-0.15, -0.1) is 0 Å². The van der Waals surface area contributed by atoms with E-state index in [1.807, 2.05) is 55.1 Å². The highest BCUT2D eigenvalue weighted by atomic mass is 16.5. The fourth-order valence-corrected chi connectivity index (χ4v) is 2.42. The van der Waals surface area contributed by atoms with Gasteiger partial charge in [0.25, 0.3) is 0 Å². The molecule has 25 heavy (non-hydrogen) atoms. The van der Waals surface area contributed by atoms with Crippen LogP contribution in [0.15, 0.2) is 48.8 Å². The fraction of sp³-hybridized carbons (Fsp3) is 0.400. The summed E-state index contributed by atoms with van der Waals surface area (Å²) >= 11 is 0. The van der Waals surface area contributed by atoms with Crippen LogP contribution >= 0.6 is 0 Å². The maximum Gasteiger partial charge on any atom is 0.317 e. The molecule has 2 aromatic rings. The van der Waals surface area contributed by atoms with Crippen LogP contribution in [0.3, 0.4) is 0 Å². The van der Waals surface area contributed by atoms with Crippen molar-refractivity contribution in [3.8, 4) is 5.75 Å². The summed E-state index contributed by atoms with van der Waals surface area (Å²) in [7, 11) is 0. The van der Waals surface area contributed by atoms with E-state index in [4.69, 9.17) is 4.74 Å². The molecular weight excluding hydrogens is 314 g/mol. The molecule has 2 amide bonds. The van der Waals surface area contributed by atoms with Gasteiger partial charge in [0, 0.05) is 32.0 Å². The minimum absolute atomic E-state index is 0.0214. The Hall–Kier alpha value is -2.56. The van der Waals surface area contributed by atoms with Crippen LogP contribution < -0.4 is 10.1 Å². The average Bonchev–Trinajstić information content (AvgIpc) is 2.64. The lowest BCUT2D eigenvalue weighted by atomic mass is 10.2. The van der Waals surface area contributed by atoms with Gasteiger partial charge in [0.1, 0.15) is 5.75 Å². The molecule has 0 fully saturated rings. The van der Waals surface area contributed by atoms with Crippen molar-refractivity contribution in [1.29, 1.82) is 0 Å². The topological polar surface area (TPSA) is 54.5 Å². The van der Waals surface area contributed by atoms with Crippen LogP contribution in [0.2, 0.25) is 0 Å². The lowest BCUT2D eigenvalue weighted by Crippen LogP contribution is -2.41. The third-order valence-electron chi connectivity index (χ3n) is 3.98. The number of rotatable bonds is 9.